The first-order valence-corrected chi connectivity index (χ1v) is 4.49. The average molecular weight is 200 g/mol. The molecule has 1 rings (SSSR count). The van der Waals surface area contributed by atoms with Gasteiger partial charge >= 0.3 is 0 Å². The Bertz CT molecular complexity index is 274. The van der Waals surface area contributed by atoms with Gasteiger partial charge in [-0.25, -0.2) is 0 Å². The minimum absolute atomic E-state index is 0.0926. The van der Waals surface area contributed by atoms with E-state index in [1.165, 1.54) is 0 Å². The number of aliphatic hydroxyl groups is 1. The molecule has 0 aromatic carbocycles. The van der Waals surface area contributed by atoms with Crippen molar-refractivity contribution in [3.8, 4) is 0 Å². The van der Waals surface area contributed by atoms with Gasteiger partial charge in [0.1, 0.15) is 6.10 Å². The van der Waals surface area contributed by atoms with Crippen LogP contribution in [0.1, 0.15) is 17.8 Å². The minimum atomic E-state index is -0.851. The third kappa shape index (κ3) is 3.06. The molecule has 14 heavy (non-hydrogen) atoms. The number of hydrogen-bond acceptors (Lipinski definition) is 6. The molecule has 1 atom stereocenters. The summed E-state index contributed by atoms with van der Waals surface area (Å²) in [5.41, 5.74) is 5.25. The maximum absolute atomic E-state index is 9.29. The van der Waals surface area contributed by atoms with Crippen LogP contribution in [0.3, 0.4) is 0 Å². The topological polar surface area (TPSA) is 88.4 Å². The van der Waals surface area contributed by atoms with Crippen LogP contribution in [0.5, 0.6) is 0 Å². The number of likely N-dealkylation sites (N-methyl/N-ethyl adjacent to an activating group) is 1. The zero-order valence-electron chi connectivity index (χ0n) is 8.47. The maximum Gasteiger partial charge on any atom is 0.256 e. The molecule has 0 saturated carbocycles. The van der Waals surface area contributed by atoms with Gasteiger partial charge < -0.3 is 20.3 Å². The van der Waals surface area contributed by atoms with Crippen molar-refractivity contribution < 1.29 is 9.63 Å². The first kappa shape index (κ1) is 11.1. The molecule has 0 aliphatic carbocycles. The lowest BCUT2D eigenvalue weighted by Gasteiger charge is -2.05. The number of aliphatic hydroxyl groups excluding tert-OH is 1. The predicted molar refractivity (Wildman–Crippen MR) is 50.6 cm³/mol. The molecule has 1 unspecified atom stereocenters. The van der Waals surface area contributed by atoms with E-state index in [1.54, 1.807) is 0 Å². The third-order valence-electron chi connectivity index (χ3n) is 1.77. The largest absolute Gasteiger partial charge is 0.382 e. The van der Waals surface area contributed by atoms with Gasteiger partial charge in [-0.15, -0.1) is 0 Å². The SMILES string of the molecule is CN(C)CCc1noc(C(O)CN)n1. The molecule has 0 fully saturated rings. The van der Waals surface area contributed by atoms with Crippen LogP contribution in [-0.4, -0.2) is 47.3 Å². The van der Waals surface area contributed by atoms with E-state index in [0.29, 0.717) is 12.2 Å². The van der Waals surface area contributed by atoms with Gasteiger partial charge in [0.05, 0.1) is 0 Å². The summed E-state index contributed by atoms with van der Waals surface area (Å²) < 4.78 is 4.84. The minimum Gasteiger partial charge on any atom is -0.382 e. The second kappa shape index (κ2) is 5.04. The Hall–Kier alpha value is -0.980. The lowest BCUT2D eigenvalue weighted by atomic mass is 10.3. The van der Waals surface area contributed by atoms with Crippen molar-refractivity contribution in [2.75, 3.05) is 27.2 Å². The van der Waals surface area contributed by atoms with E-state index in [9.17, 15) is 5.11 Å². The summed E-state index contributed by atoms with van der Waals surface area (Å²) in [7, 11) is 3.94. The summed E-state index contributed by atoms with van der Waals surface area (Å²) in [4.78, 5) is 6.04. The van der Waals surface area contributed by atoms with Gasteiger partial charge in [0.15, 0.2) is 5.82 Å². The van der Waals surface area contributed by atoms with Crippen LogP contribution in [0.4, 0.5) is 0 Å². The molecule has 1 heterocycles. The molecule has 6 nitrogen and oxygen atoms in total. The molecule has 80 valence electrons. The molecule has 0 bridgehead atoms. The van der Waals surface area contributed by atoms with E-state index in [-0.39, 0.29) is 12.4 Å². The smallest absolute Gasteiger partial charge is 0.256 e. The second-order valence-electron chi connectivity index (χ2n) is 3.35. The molecule has 0 aliphatic heterocycles. The van der Waals surface area contributed by atoms with Gasteiger partial charge in [-0.2, -0.15) is 4.98 Å². The van der Waals surface area contributed by atoms with Crippen LogP contribution in [0, 0.1) is 0 Å². The van der Waals surface area contributed by atoms with E-state index in [1.807, 2.05) is 19.0 Å². The van der Waals surface area contributed by atoms with Crippen molar-refractivity contribution >= 4 is 0 Å². The molecule has 6 heteroatoms. The number of hydrogen-bond donors (Lipinski definition) is 2. The molecule has 0 spiro atoms. The highest BCUT2D eigenvalue weighted by Gasteiger charge is 2.13. The molecule has 1 aromatic rings. The quantitative estimate of drug-likeness (QED) is 0.644. The van der Waals surface area contributed by atoms with Gasteiger partial charge in [0.25, 0.3) is 5.89 Å². The van der Waals surface area contributed by atoms with Crippen molar-refractivity contribution in [3.63, 3.8) is 0 Å². The fourth-order valence-corrected chi connectivity index (χ4v) is 0.929. The standard InChI is InChI=1S/C8H16N4O2/c1-12(2)4-3-7-10-8(14-11-7)6(13)5-9/h6,13H,3-5,9H2,1-2H3. The van der Waals surface area contributed by atoms with Gasteiger partial charge in [0, 0.05) is 19.5 Å². The summed E-state index contributed by atoms with van der Waals surface area (Å²) in [6, 6.07) is 0. The molecule has 1 aromatic heterocycles. The van der Waals surface area contributed by atoms with E-state index in [0.717, 1.165) is 6.54 Å². The fraction of sp³-hybridized carbons (Fsp3) is 0.750. The van der Waals surface area contributed by atoms with Crippen molar-refractivity contribution in [1.82, 2.24) is 15.0 Å². The lowest BCUT2D eigenvalue weighted by molar-refractivity contribution is 0.141. The number of rotatable bonds is 5. The summed E-state index contributed by atoms with van der Waals surface area (Å²) >= 11 is 0. The summed E-state index contributed by atoms with van der Waals surface area (Å²) in [6.45, 7) is 0.938. The van der Waals surface area contributed by atoms with Crippen LogP contribution in [-0.2, 0) is 6.42 Å². The number of aromatic nitrogens is 2. The summed E-state index contributed by atoms with van der Waals surface area (Å²) in [6.07, 6.45) is -0.149. The highest BCUT2D eigenvalue weighted by molar-refractivity contribution is 4.90. The van der Waals surface area contributed by atoms with Crippen LogP contribution in [0.25, 0.3) is 0 Å². The van der Waals surface area contributed by atoms with Gasteiger partial charge in [0.2, 0.25) is 0 Å². The second-order valence-corrected chi connectivity index (χ2v) is 3.35. The monoisotopic (exact) mass is 200 g/mol. The lowest BCUT2D eigenvalue weighted by Crippen LogP contribution is -2.16. The number of nitrogens with two attached hydrogens (primary N) is 1. The van der Waals surface area contributed by atoms with Gasteiger partial charge in [-0.1, -0.05) is 5.16 Å². The van der Waals surface area contributed by atoms with Crippen LogP contribution in [0.15, 0.2) is 4.52 Å². The van der Waals surface area contributed by atoms with Gasteiger partial charge in [-0.3, -0.25) is 0 Å². The highest BCUT2D eigenvalue weighted by atomic mass is 16.5. The fourth-order valence-electron chi connectivity index (χ4n) is 0.929. The first-order valence-electron chi connectivity index (χ1n) is 4.49. The zero-order valence-corrected chi connectivity index (χ0v) is 8.47. The Morgan fingerprint density at radius 1 is 1.57 bits per heavy atom. The highest BCUT2D eigenvalue weighted by Crippen LogP contribution is 2.08. The molecule has 3 N–H and O–H groups in total. The maximum atomic E-state index is 9.29. The van der Waals surface area contributed by atoms with Gasteiger partial charge in [-0.05, 0) is 14.1 Å². The predicted octanol–water partition coefficient (Wildman–Crippen LogP) is -0.834. The van der Waals surface area contributed by atoms with E-state index in [4.69, 9.17) is 10.3 Å². The molecule has 0 radical (unpaired) electrons. The Morgan fingerprint density at radius 3 is 2.86 bits per heavy atom. The normalized spacial score (nSPS) is 13.5. The van der Waals surface area contributed by atoms with Crippen LogP contribution < -0.4 is 5.73 Å². The third-order valence-corrected chi connectivity index (χ3v) is 1.77. The molecule has 0 aliphatic rings. The Kier molecular flexibility index (Phi) is 3.99. The Morgan fingerprint density at radius 2 is 2.29 bits per heavy atom. The van der Waals surface area contributed by atoms with E-state index in [2.05, 4.69) is 10.1 Å². The Balaban J connectivity index is 2.50. The molecular weight excluding hydrogens is 184 g/mol. The average Bonchev–Trinajstić information content (AvgIpc) is 2.62. The zero-order chi connectivity index (χ0) is 10.6. The van der Waals surface area contributed by atoms with Crippen molar-refractivity contribution in [3.05, 3.63) is 11.7 Å². The molecule has 0 amide bonds. The summed E-state index contributed by atoms with van der Waals surface area (Å²) in [5.74, 6) is 0.794. The first-order chi connectivity index (χ1) is 6.63. The Labute approximate surface area is 82.7 Å². The van der Waals surface area contributed by atoms with Crippen LogP contribution >= 0.6 is 0 Å². The van der Waals surface area contributed by atoms with Crippen molar-refractivity contribution in [1.29, 1.82) is 0 Å². The summed E-state index contributed by atoms with van der Waals surface area (Å²) in [5, 5.41) is 13.0. The molecule has 0 saturated heterocycles. The van der Waals surface area contributed by atoms with Crippen LogP contribution in [0.2, 0.25) is 0 Å². The van der Waals surface area contributed by atoms with Crippen molar-refractivity contribution in [2.24, 2.45) is 5.73 Å². The van der Waals surface area contributed by atoms with E-state index < -0.39 is 6.10 Å². The number of nitrogens with zero attached hydrogens (tertiary/aromatic N) is 3. The molecular formula is C8H16N4O2. The van der Waals surface area contributed by atoms with E-state index >= 15 is 0 Å². The van der Waals surface area contributed by atoms with Crippen molar-refractivity contribution in [2.45, 2.75) is 12.5 Å².